The molecule has 42 heavy (non-hydrogen) atoms. The van der Waals surface area contributed by atoms with Gasteiger partial charge in [-0.1, -0.05) is 31.9 Å². The quantitative estimate of drug-likeness (QED) is 0.287. The fourth-order valence-electron chi connectivity index (χ4n) is 3.65. The third-order valence-electron chi connectivity index (χ3n) is 5.95. The second-order valence-corrected chi connectivity index (χ2v) is 11.5. The second-order valence-electron chi connectivity index (χ2n) is 9.90. The Morgan fingerprint density at radius 1 is 0.810 bits per heavy atom. The number of ether oxygens (including phenoxy) is 2. The number of hydrogen-bond acceptors (Lipinski definition) is 5. The van der Waals surface area contributed by atoms with Crippen molar-refractivity contribution in [2.45, 2.75) is 52.4 Å². The lowest BCUT2D eigenvalue weighted by Crippen LogP contribution is -2.58. The van der Waals surface area contributed by atoms with Gasteiger partial charge in [-0.2, -0.15) is 0 Å². The van der Waals surface area contributed by atoms with Crippen LogP contribution in [0.3, 0.4) is 0 Å². The molecule has 1 amide bonds. The van der Waals surface area contributed by atoms with Gasteiger partial charge in [-0.15, -0.1) is 12.4 Å². The summed E-state index contributed by atoms with van der Waals surface area (Å²) in [4.78, 5) is 23.0. The fraction of sp³-hybridized carbons (Fsp3) is 0.500. The topological polar surface area (TPSA) is 88.1 Å². The van der Waals surface area contributed by atoms with Crippen LogP contribution in [0.1, 0.15) is 35.1 Å². The van der Waals surface area contributed by atoms with Crippen molar-refractivity contribution in [2.75, 3.05) is 39.4 Å². The van der Waals surface area contributed by atoms with E-state index in [0.29, 0.717) is 5.75 Å². The molecule has 2 aliphatic heterocycles. The monoisotopic (exact) mass is 748 g/mol. The number of aliphatic carboxylic acids is 1. The van der Waals surface area contributed by atoms with Crippen molar-refractivity contribution in [2.24, 2.45) is 0 Å². The lowest BCUT2D eigenvalue weighted by molar-refractivity contribution is -0.166. The highest BCUT2D eigenvalue weighted by Gasteiger charge is 2.45. The minimum Gasteiger partial charge on any atom is -0.493 e. The summed E-state index contributed by atoms with van der Waals surface area (Å²) in [5.74, 6) is -4.84. The molecule has 0 aliphatic carbocycles. The predicted molar refractivity (Wildman–Crippen MR) is 162 cm³/mol. The molecule has 0 bridgehead atoms. The van der Waals surface area contributed by atoms with E-state index < -0.39 is 30.9 Å². The number of carboxylic acids is 1. The Morgan fingerprint density at radius 3 is 1.45 bits per heavy atom. The minimum atomic E-state index is -2.71. The first kappa shape index (κ1) is 37.9. The molecule has 2 aromatic carbocycles. The molecule has 2 saturated heterocycles. The summed E-state index contributed by atoms with van der Waals surface area (Å²) in [5, 5.41) is 10.9. The van der Waals surface area contributed by atoms with E-state index in [1.54, 1.807) is 0 Å². The van der Waals surface area contributed by atoms with Gasteiger partial charge in [0.2, 0.25) is 5.91 Å². The smallest absolute Gasteiger partial charge is 0.306 e. The average molecular weight is 751 g/mol. The molecule has 2 aromatic rings. The zero-order chi connectivity index (χ0) is 31.0. The van der Waals surface area contributed by atoms with Gasteiger partial charge < -0.3 is 24.8 Å². The zero-order valence-electron chi connectivity index (χ0n) is 23.7. The van der Waals surface area contributed by atoms with E-state index in [1.807, 2.05) is 52.0 Å². The molecule has 0 saturated carbocycles. The molecule has 236 valence electrons. The van der Waals surface area contributed by atoms with Crippen molar-refractivity contribution in [3.05, 3.63) is 55.5 Å². The first-order chi connectivity index (χ1) is 19.0. The van der Waals surface area contributed by atoms with Crippen molar-refractivity contribution >= 4 is 56.1 Å². The number of aryl methyl sites for hydroxylation is 4. The molecule has 0 atom stereocenters. The Bertz CT molecular complexity index is 1180. The van der Waals surface area contributed by atoms with Crippen LogP contribution in [0.15, 0.2) is 33.2 Å². The number of alkyl halides is 4. The Kier molecular flexibility index (Phi) is 15.1. The average Bonchev–Trinajstić information content (AvgIpc) is 2.84. The number of carboxylic acid groups (broad SMARTS) is 1. The number of nitrogens with zero attached hydrogens (tertiary/aromatic N) is 1. The number of carbonyl (C=O) groups excluding carboxylic acids is 1. The molecule has 14 heteroatoms. The first-order valence-electron chi connectivity index (χ1n) is 12.7. The highest BCUT2D eigenvalue weighted by atomic mass is 79.9. The highest BCUT2D eigenvalue weighted by Crippen LogP contribution is 2.29. The molecule has 0 spiro atoms. The number of halogens is 7. The molecule has 2 heterocycles. The van der Waals surface area contributed by atoms with E-state index in [-0.39, 0.29) is 57.5 Å². The lowest BCUT2D eigenvalue weighted by Gasteiger charge is -2.38. The molecule has 0 unspecified atom stereocenters. The SMILES string of the molecule is Cc1cc(OCCC(=O)N2CC(F)(F)C2)cc(C)c1Br.Cc1cc(OCCC(=O)O)cc(C)c1Br.Cl.FC1(F)CNC1. The minimum absolute atomic E-state index is 0. The number of hydrogen-bond donors (Lipinski definition) is 2. The van der Waals surface area contributed by atoms with Crippen molar-refractivity contribution in [1.82, 2.24) is 10.2 Å². The van der Waals surface area contributed by atoms with Crippen LogP contribution in [-0.4, -0.2) is 73.1 Å². The summed E-state index contributed by atoms with van der Waals surface area (Å²) in [7, 11) is 0. The van der Waals surface area contributed by atoms with E-state index in [1.165, 1.54) is 0 Å². The van der Waals surface area contributed by atoms with Gasteiger partial charge in [0.15, 0.2) is 0 Å². The number of benzene rings is 2. The van der Waals surface area contributed by atoms with Crippen LogP contribution in [0, 0.1) is 27.7 Å². The van der Waals surface area contributed by atoms with Crippen LogP contribution in [0.2, 0.25) is 0 Å². The molecule has 0 radical (unpaired) electrons. The number of nitrogens with one attached hydrogen (secondary N) is 1. The van der Waals surface area contributed by atoms with Gasteiger partial charge in [-0.3, -0.25) is 9.59 Å². The molecule has 7 nitrogen and oxygen atoms in total. The maximum atomic E-state index is 12.6. The Labute approximate surface area is 266 Å². The van der Waals surface area contributed by atoms with Gasteiger partial charge in [0, 0.05) is 8.95 Å². The second kappa shape index (κ2) is 16.7. The van der Waals surface area contributed by atoms with E-state index in [2.05, 4.69) is 37.2 Å². The number of carbonyl (C=O) groups is 2. The van der Waals surface area contributed by atoms with Crippen LogP contribution >= 0.6 is 44.3 Å². The molecule has 2 N–H and O–H groups in total. The van der Waals surface area contributed by atoms with Gasteiger partial charge in [-0.25, -0.2) is 17.6 Å². The molecular weight excluding hydrogens is 716 g/mol. The van der Waals surface area contributed by atoms with Crippen LogP contribution in [0.4, 0.5) is 17.6 Å². The van der Waals surface area contributed by atoms with Crippen LogP contribution in [0.25, 0.3) is 0 Å². The third kappa shape index (κ3) is 12.6. The maximum absolute atomic E-state index is 12.6. The normalized spacial score (nSPS) is 15.7. The summed E-state index contributed by atoms with van der Waals surface area (Å²) in [5.41, 5.74) is 4.27. The van der Waals surface area contributed by atoms with Crippen molar-refractivity contribution in [3.8, 4) is 11.5 Å². The molecule has 4 rings (SSSR count). The first-order valence-corrected chi connectivity index (χ1v) is 14.3. The summed E-state index contributed by atoms with van der Waals surface area (Å²) >= 11 is 6.92. The maximum Gasteiger partial charge on any atom is 0.306 e. The predicted octanol–water partition coefficient (Wildman–Crippen LogP) is 6.88. The summed E-state index contributed by atoms with van der Waals surface area (Å²) in [6.45, 7) is 7.05. The summed E-state index contributed by atoms with van der Waals surface area (Å²) in [6.07, 6.45) is 0.137. The van der Waals surface area contributed by atoms with E-state index in [0.717, 1.165) is 41.8 Å². The van der Waals surface area contributed by atoms with E-state index in [9.17, 15) is 27.2 Å². The lowest BCUT2D eigenvalue weighted by atomic mass is 10.1. The Balaban J connectivity index is 0.000000352. The molecular formula is C28H35Br2ClF4N2O5. The Hall–Kier alpha value is -2.09. The Morgan fingerprint density at radius 2 is 1.17 bits per heavy atom. The highest BCUT2D eigenvalue weighted by molar-refractivity contribution is 9.10. The number of rotatable bonds is 8. The van der Waals surface area contributed by atoms with Crippen molar-refractivity contribution < 1.29 is 41.7 Å². The fourth-order valence-corrected chi connectivity index (χ4v) is 4.11. The number of amides is 1. The standard InChI is InChI=1S/C14H16BrF2NO2.C11H13BrO3.C3H5F2N.ClH/c1-9-5-11(6-10(2)13(9)15)20-4-3-12(19)18-7-14(16,17)8-18;1-7-5-9(6-8(2)11(7)12)15-4-3-10(13)14;4-3(5)1-6-2-3;/h5-6H,3-4,7-8H2,1-2H3;5-6H,3-4H2,1-2H3,(H,13,14);6H,1-2H2;1H. The number of likely N-dealkylation sites (tertiary alicyclic amines) is 1. The van der Waals surface area contributed by atoms with Crippen LogP contribution < -0.4 is 14.8 Å². The van der Waals surface area contributed by atoms with Crippen LogP contribution in [0.5, 0.6) is 11.5 Å². The molecule has 2 fully saturated rings. The zero-order valence-corrected chi connectivity index (χ0v) is 27.7. The van der Waals surface area contributed by atoms with E-state index in [4.69, 9.17) is 14.6 Å². The van der Waals surface area contributed by atoms with Gasteiger partial charge in [0.25, 0.3) is 11.8 Å². The summed E-state index contributed by atoms with van der Waals surface area (Å²) in [6, 6.07) is 7.52. The third-order valence-corrected chi connectivity index (χ3v) is 8.46. The van der Waals surface area contributed by atoms with Gasteiger partial charge in [-0.05, 0) is 74.2 Å². The van der Waals surface area contributed by atoms with E-state index >= 15 is 0 Å². The van der Waals surface area contributed by atoms with Crippen LogP contribution in [-0.2, 0) is 9.59 Å². The molecule has 0 aromatic heterocycles. The van der Waals surface area contributed by atoms with Gasteiger partial charge in [0.1, 0.15) is 11.5 Å². The van der Waals surface area contributed by atoms with Gasteiger partial charge in [0.05, 0.1) is 52.2 Å². The largest absolute Gasteiger partial charge is 0.493 e. The van der Waals surface area contributed by atoms with Gasteiger partial charge >= 0.3 is 5.97 Å². The van der Waals surface area contributed by atoms with Crippen molar-refractivity contribution in [3.63, 3.8) is 0 Å². The molecule has 2 aliphatic rings. The van der Waals surface area contributed by atoms with Crippen molar-refractivity contribution in [1.29, 1.82) is 0 Å². The summed E-state index contributed by atoms with van der Waals surface area (Å²) < 4.78 is 61.2.